The molecule has 6 rings (SSSR count). The molecule has 5 aromatic rings. The van der Waals surface area contributed by atoms with Gasteiger partial charge in [0.05, 0.1) is 30.8 Å². The molecule has 0 spiro atoms. The third-order valence-corrected chi connectivity index (χ3v) is 5.58. The third kappa shape index (κ3) is 3.76. The van der Waals surface area contributed by atoms with Gasteiger partial charge in [-0.15, -0.1) is 0 Å². The van der Waals surface area contributed by atoms with Gasteiger partial charge in [0.1, 0.15) is 5.69 Å². The number of hydrogen-bond acceptors (Lipinski definition) is 8. The summed E-state index contributed by atoms with van der Waals surface area (Å²) in [6, 6.07) is 11.7. The van der Waals surface area contributed by atoms with Crippen LogP contribution in [0.3, 0.4) is 0 Å². The average Bonchev–Trinajstić information content (AvgIpc) is 3.53. The van der Waals surface area contributed by atoms with Crippen molar-refractivity contribution in [2.45, 2.75) is 0 Å². The molecule has 164 valence electrons. The molecule has 0 radical (unpaired) electrons. The molecule has 1 aliphatic heterocycles. The van der Waals surface area contributed by atoms with Crippen LogP contribution in [0, 0.1) is 0 Å². The number of ether oxygens (including phenoxy) is 1. The highest BCUT2D eigenvalue weighted by molar-refractivity contribution is 5.76. The summed E-state index contributed by atoms with van der Waals surface area (Å²) in [4.78, 5) is 15.1. The van der Waals surface area contributed by atoms with E-state index >= 15 is 0 Å². The summed E-state index contributed by atoms with van der Waals surface area (Å²) in [6.45, 7) is 2.86. The van der Waals surface area contributed by atoms with Gasteiger partial charge in [0.25, 0.3) is 0 Å². The molecule has 33 heavy (non-hydrogen) atoms. The maximum atomic E-state index is 5.58. The maximum Gasteiger partial charge on any atom is 0.158 e. The monoisotopic (exact) mass is 439 g/mol. The first-order chi connectivity index (χ1) is 16.3. The number of fused-ring (bicyclic) bond motifs is 1. The molecule has 0 aliphatic carbocycles. The van der Waals surface area contributed by atoms with Gasteiger partial charge in [0.15, 0.2) is 17.3 Å². The number of nitrogens with zero attached hydrogens (tertiary/aromatic N) is 7. The Bertz CT molecular complexity index is 1380. The number of morpholine rings is 1. The molecule has 5 aromatic heterocycles. The number of nitrogens with one attached hydrogen (secondary N) is 2. The molecule has 0 aromatic carbocycles. The molecule has 0 bridgehead atoms. The van der Waals surface area contributed by atoms with E-state index in [1.54, 1.807) is 24.8 Å². The minimum Gasteiger partial charge on any atom is -0.378 e. The van der Waals surface area contributed by atoms with E-state index in [1.807, 2.05) is 47.1 Å². The normalized spacial score (nSPS) is 14.0. The van der Waals surface area contributed by atoms with Crippen molar-refractivity contribution in [2.75, 3.05) is 36.5 Å². The lowest BCUT2D eigenvalue weighted by Crippen LogP contribution is -2.38. The predicted molar refractivity (Wildman–Crippen MR) is 124 cm³/mol. The molecule has 0 saturated carbocycles. The van der Waals surface area contributed by atoms with Gasteiger partial charge in [-0.25, -0.2) is 4.98 Å². The Kier molecular flexibility index (Phi) is 4.89. The lowest BCUT2D eigenvalue weighted by atomic mass is 10.2. The zero-order valence-corrected chi connectivity index (χ0v) is 17.7. The fraction of sp³-hybridized carbons (Fsp3) is 0.174. The third-order valence-electron chi connectivity index (χ3n) is 5.58. The largest absolute Gasteiger partial charge is 0.378 e. The van der Waals surface area contributed by atoms with Gasteiger partial charge in [0.2, 0.25) is 0 Å². The van der Waals surface area contributed by atoms with Gasteiger partial charge in [0, 0.05) is 61.1 Å². The van der Waals surface area contributed by atoms with Crippen LogP contribution in [-0.2, 0) is 4.74 Å². The summed E-state index contributed by atoms with van der Waals surface area (Å²) >= 11 is 0. The average molecular weight is 439 g/mol. The summed E-state index contributed by atoms with van der Waals surface area (Å²) in [5.74, 6) is 1.62. The van der Waals surface area contributed by atoms with Crippen LogP contribution in [0.5, 0.6) is 0 Å². The lowest BCUT2D eigenvalue weighted by Gasteiger charge is -2.30. The standard InChI is InChI=1S/C23H21N9O/c1-5-24-6-2-16(1)18-13-21(29-28-18)27-20-15-26-22-14-19(17-3-7-25-8-4-17)30-32(22)23(20)31-9-11-33-12-10-31/h1-8,13-15H,9-12H2,(H2,27,28,29). The van der Waals surface area contributed by atoms with Gasteiger partial charge < -0.3 is 15.0 Å². The number of anilines is 3. The van der Waals surface area contributed by atoms with Crippen LogP contribution in [0.2, 0.25) is 0 Å². The topological polar surface area (TPSA) is 109 Å². The summed E-state index contributed by atoms with van der Waals surface area (Å²) in [6.07, 6.45) is 8.88. The van der Waals surface area contributed by atoms with Gasteiger partial charge >= 0.3 is 0 Å². The van der Waals surface area contributed by atoms with E-state index in [-0.39, 0.29) is 0 Å². The van der Waals surface area contributed by atoms with Crippen molar-refractivity contribution in [1.29, 1.82) is 0 Å². The van der Waals surface area contributed by atoms with Crippen LogP contribution >= 0.6 is 0 Å². The van der Waals surface area contributed by atoms with Crippen LogP contribution in [0.25, 0.3) is 28.2 Å². The van der Waals surface area contributed by atoms with Gasteiger partial charge in [-0.05, 0) is 24.3 Å². The molecule has 1 aliphatic rings. The van der Waals surface area contributed by atoms with Crippen LogP contribution < -0.4 is 10.2 Å². The second kappa shape index (κ2) is 8.32. The van der Waals surface area contributed by atoms with Crippen LogP contribution in [0.4, 0.5) is 17.3 Å². The first kappa shape index (κ1) is 19.4. The summed E-state index contributed by atoms with van der Waals surface area (Å²) in [7, 11) is 0. The molecular formula is C23H21N9O. The van der Waals surface area contributed by atoms with Crippen molar-refractivity contribution >= 4 is 23.0 Å². The van der Waals surface area contributed by atoms with E-state index < -0.39 is 0 Å². The molecule has 0 atom stereocenters. The second-order valence-electron chi connectivity index (χ2n) is 7.66. The Labute approximate surface area is 189 Å². The Balaban J connectivity index is 1.41. The highest BCUT2D eigenvalue weighted by Gasteiger charge is 2.21. The molecule has 10 heteroatoms. The van der Waals surface area contributed by atoms with Crippen LogP contribution in [0.15, 0.2) is 67.4 Å². The first-order valence-corrected chi connectivity index (χ1v) is 10.7. The van der Waals surface area contributed by atoms with E-state index in [9.17, 15) is 0 Å². The van der Waals surface area contributed by atoms with Crippen molar-refractivity contribution in [1.82, 2.24) is 34.8 Å². The number of rotatable bonds is 5. The molecule has 2 N–H and O–H groups in total. The zero-order chi connectivity index (χ0) is 22.0. The highest BCUT2D eigenvalue weighted by atomic mass is 16.5. The fourth-order valence-electron chi connectivity index (χ4n) is 3.96. The van der Waals surface area contributed by atoms with Crippen LogP contribution in [-0.4, -0.2) is 61.1 Å². The summed E-state index contributed by atoms with van der Waals surface area (Å²) in [5.41, 5.74) is 5.35. The van der Waals surface area contributed by atoms with Crippen molar-refractivity contribution in [3.8, 4) is 22.5 Å². The highest BCUT2D eigenvalue weighted by Crippen LogP contribution is 2.31. The van der Waals surface area contributed by atoms with Gasteiger partial charge in [-0.3, -0.25) is 15.1 Å². The molecule has 1 saturated heterocycles. The van der Waals surface area contributed by atoms with E-state index in [0.717, 1.165) is 52.8 Å². The molecule has 0 amide bonds. The molecule has 6 heterocycles. The van der Waals surface area contributed by atoms with Crippen molar-refractivity contribution in [2.24, 2.45) is 0 Å². The maximum absolute atomic E-state index is 5.58. The first-order valence-electron chi connectivity index (χ1n) is 10.7. The Morgan fingerprint density at radius 1 is 0.909 bits per heavy atom. The number of aromatic nitrogens is 7. The van der Waals surface area contributed by atoms with Crippen molar-refractivity contribution in [3.63, 3.8) is 0 Å². The SMILES string of the molecule is c1cc(-c2cc3ncc(Nc4cc(-c5ccncc5)[nH]n4)c(N4CCOCC4)n3n2)ccn1. The Hall–Kier alpha value is -4.31. The summed E-state index contributed by atoms with van der Waals surface area (Å²) in [5, 5.41) is 15.8. The molecule has 10 nitrogen and oxygen atoms in total. The molecule has 0 unspecified atom stereocenters. The Morgan fingerprint density at radius 2 is 1.64 bits per heavy atom. The molecular weight excluding hydrogens is 418 g/mol. The predicted octanol–water partition coefficient (Wildman–Crippen LogP) is 3.16. The van der Waals surface area contributed by atoms with Crippen molar-refractivity contribution < 1.29 is 4.74 Å². The fourth-order valence-corrected chi connectivity index (χ4v) is 3.96. The van der Waals surface area contributed by atoms with Crippen molar-refractivity contribution in [3.05, 3.63) is 67.4 Å². The quantitative estimate of drug-likeness (QED) is 0.430. The number of aromatic amines is 1. The summed E-state index contributed by atoms with van der Waals surface area (Å²) < 4.78 is 7.47. The van der Waals surface area contributed by atoms with E-state index in [2.05, 4.69) is 35.4 Å². The Morgan fingerprint density at radius 3 is 2.39 bits per heavy atom. The number of H-pyrrole nitrogens is 1. The van der Waals surface area contributed by atoms with Crippen LogP contribution in [0.1, 0.15) is 0 Å². The smallest absolute Gasteiger partial charge is 0.158 e. The van der Waals surface area contributed by atoms with E-state index in [4.69, 9.17) is 9.84 Å². The minimum atomic E-state index is 0.663. The van der Waals surface area contributed by atoms with Gasteiger partial charge in [-0.2, -0.15) is 14.7 Å². The minimum absolute atomic E-state index is 0.663. The lowest BCUT2D eigenvalue weighted by molar-refractivity contribution is 0.122. The second-order valence-corrected chi connectivity index (χ2v) is 7.66. The number of pyridine rings is 2. The van der Waals surface area contributed by atoms with E-state index in [1.165, 1.54) is 0 Å². The van der Waals surface area contributed by atoms with E-state index in [0.29, 0.717) is 19.0 Å². The zero-order valence-electron chi connectivity index (χ0n) is 17.7. The molecule has 1 fully saturated rings. The number of hydrogen-bond donors (Lipinski definition) is 2. The van der Waals surface area contributed by atoms with Gasteiger partial charge in [-0.1, -0.05) is 0 Å².